The molecule has 0 fully saturated rings. The summed E-state index contributed by atoms with van der Waals surface area (Å²) in [6.45, 7) is 5.28. The summed E-state index contributed by atoms with van der Waals surface area (Å²) in [5, 5.41) is 0.823. The van der Waals surface area contributed by atoms with Crippen molar-refractivity contribution in [2.45, 2.75) is 26.8 Å². The van der Waals surface area contributed by atoms with E-state index in [4.69, 9.17) is 10.7 Å². The Morgan fingerprint density at radius 3 is 2.80 bits per heavy atom. The van der Waals surface area contributed by atoms with Crippen LogP contribution in [0.1, 0.15) is 35.1 Å². The molecule has 4 rings (SSSR count). The molecule has 1 aliphatic rings. The number of pyridine rings is 2. The van der Waals surface area contributed by atoms with Crippen molar-refractivity contribution < 1.29 is 4.79 Å². The first-order valence-corrected chi connectivity index (χ1v) is 8.53. The molecule has 0 unspecified atom stereocenters. The lowest BCUT2D eigenvalue weighted by molar-refractivity contribution is 0.0779. The molecule has 126 valence electrons. The third-order valence-corrected chi connectivity index (χ3v) is 4.69. The van der Waals surface area contributed by atoms with Gasteiger partial charge in [0.05, 0.1) is 29.0 Å². The Balaban J connectivity index is 1.93. The van der Waals surface area contributed by atoms with E-state index in [0.717, 1.165) is 46.4 Å². The van der Waals surface area contributed by atoms with Gasteiger partial charge in [-0.15, -0.1) is 0 Å². The number of anilines is 1. The van der Waals surface area contributed by atoms with Crippen LogP contribution in [0.15, 0.2) is 36.5 Å². The van der Waals surface area contributed by atoms with Crippen LogP contribution in [0.5, 0.6) is 0 Å². The molecule has 3 aromatic rings. The number of benzene rings is 1. The van der Waals surface area contributed by atoms with E-state index in [-0.39, 0.29) is 5.91 Å². The van der Waals surface area contributed by atoms with E-state index >= 15 is 0 Å². The lowest BCUT2D eigenvalue weighted by atomic mass is 10.00. The summed E-state index contributed by atoms with van der Waals surface area (Å²) >= 11 is 0. The Bertz CT molecular complexity index is 979. The average molecular weight is 332 g/mol. The third kappa shape index (κ3) is 2.43. The van der Waals surface area contributed by atoms with Gasteiger partial charge in [0, 0.05) is 34.9 Å². The van der Waals surface area contributed by atoms with Gasteiger partial charge in [0.1, 0.15) is 0 Å². The zero-order valence-corrected chi connectivity index (χ0v) is 14.4. The Kier molecular flexibility index (Phi) is 3.64. The van der Waals surface area contributed by atoms with Gasteiger partial charge < -0.3 is 10.6 Å². The maximum Gasteiger partial charge on any atom is 0.258 e. The second-order valence-corrected chi connectivity index (χ2v) is 6.46. The molecular formula is C20H20N4O. The number of fused-ring (bicyclic) bond motifs is 2. The van der Waals surface area contributed by atoms with Gasteiger partial charge >= 0.3 is 0 Å². The maximum absolute atomic E-state index is 12.6. The van der Waals surface area contributed by atoms with Crippen LogP contribution in [-0.2, 0) is 6.54 Å². The Hall–Kier alpha value is -2.95. The number of nitrogen functional groups attached to an aromatic ring is 1. The van der Waals surface area contributed by atoms with Gasteiger partial charge in [0.15, 0.2) is 0 Å². The number of hydrogen-bond acceptors (Lipinski definition) is 4. The highest BCUT2D eigenvalue weighted by molar-refractivity contribution is 6.11. The molecule has 0 atom stereocenters. The number of nitrogens with two attached hydrogens (primary N) is 1. The summed E-state index contributed by atoms with van der Waals surface area (Å²) in [6.07, 6.45) is 2.77. The molecule has 1 aliphatic heterocycles. The van der Waals surface area contributed by atoms with E-state index in [1.165, 1.54) is 0 Å². The van der Waals surface area contributed by atoms with Crippen LogP contribution >= 0.6 is 0 Å². The van der Waals surface area contributed by atoms with Gasteiger partial charge in [-0.1, -0.05) is 31.2 Å². The summed E-state index contributed by atoms with van der Waals surface area (Å²) in [7, 11) is 0. The Morgan fingerprint density at radius 1 is 1.24 bits per heavy atom. The fraction of sp³-hybridized carbons (Fsp3) is 0.250. The molecule has 0 spiro atoms. The molecule has 3 heterocycles. The number of aromatic nitrogens is 2. The zero-order chi connectivity index (χ0) is 17.6. The zero-order valence-electron chi connectivity index (χ0n) is 14.4. The SMILES string of the molecule is CCCN1Cc2nc3c(-c4ccc(C)nc4)cccc3c(N)c2C1=O. The molecule has 0 radical (unpaired) electrons. The van der Waals surface area contributed by atoms with Gasteiger partial charge in [-0.25, -0.2) is 4.98 Å². The lowest BCUT2D eigenvalue weighted by Gasteiger charge is -2.13. The monoisotopic (exact) mass is 332 g/mol. The fourth-order valence-corrected chi connectivity index (χ4v) is 3.44. The first kappa shape index (κ1) is 15.6. The number of amides is 1. The molecule has 1 amide bonds. The smallest absolute Gasteiger partial charge is 0.258 e. The lowest BCUT2D eigenvalue weighted by Crippen LogP contribution is -2.24. The van der Waals surface area contributed by atoms with Crippen LogP contribution in [0.25, 0.3) is 22.0 Å². The van der Waals surface area contributed by atoms with Gasteiger partial charge in [0.2, 0.25) is 0 Å². The van der Waals surface area contributed by atoms with Crippen molar-refractivity contribution in [2.75, 3.05) is 12.3 Å². The maximum atomic E-state index is 12.6. The molecule has 2 aromatic heterocycles. The Morgan fingerprint density at radius 2 is 2.08 bits per heavy atom. The molecule has 0 aliphatic carbocycles. The molecular weight excluding hydrogens is 312 g/mol. The van der Waals surface area contributed by atoms with Crippen molar-refractivity contribution in [1.29, 1.82) is 0 Å². The molecule has 0 saturated carbocycles. The molecule has 5 heteroatoms. The predicted octanol–water partition coefficient (Wildman–Crippen LogP) is 3.55. The van der Waals surface area contributed by atoms with Crippen molar-refractivity contribution in [3.63, 3.8) is 0 Å². The molecule has 25 heavy (non-hydrogen) atoms. The van der Waals surface area contributed by atoms with Crippen molar-refractivity contribution in [3.8, 4) is 11.1 Å². The van der Waals surface area contributed by atoms with Gasteiger partial charge in [-0.3, -0.25) is 9.78 Å². The molecule has 0 bridgehead atoms. The van der Waals surface area contributed by atoms with E-state index < -0.39 is 0 Å². The number of rotatable bonds is 3. The number of nitrogens with zero attached hydrogens (tertiary/aromatic N) is 3. The minimum absolute atomic E-state index is 0.00819. The second-order valence-electron chi connectivity index (χ2n) is 6.46. The number of carbonyl (C=O) groups excluding carboxylic acids is 1. The fourth-order valence-electron chi connectivity index (χ4n) is 3.44. The van der Waals surface area contributed by atoms with Crippen molar-refractivity contribution in [1.82, 2.24) is 14.9 Å². The highest BCUT2D eigenvalue weighted by Gasteiger charge is 2.31. The van der Waals surface area contributed by atoms with Crippen LogP contribution in [0.4, 0.5) is 5.69 Å². The third-order valence-electron chi connectivity index (χ3n) is 4.69. The van der Waals surface area contributed by atoms with Gasteiger partial charge in [-0.05, 0) is 19.4 Å². The number of carbonyl (C=O) groups is 1. The van der Waals surface area contributed by atoms with E-state index in [1.807, 2.05) is 48.4 Å². The summed E-state index contributed by atoms with van der Waals surface area (Å²) in [6, 6.07) is 9.92. The summed E-state index contributed by atoms with van der Waals surface area (Å²) in [4.78, 5) is 23.7. The van der Waals surface area contributed by atoms with E-state index in [0.29, 0.717) is 17.8 Å². The van der Waals surface area contributed by atoms with Gasteiger partial charge in [-0.2, -0.15) is 0 Å². The van der Waals surface area contributed by atoms with Crippen molar-refractivity contribution in [3.05, 3.63) is 53.5 Å². The van der Waals surface area contributed by atoms with E-state index in [2.05, 4.69) is 11.9 Å². The normalized spacial score (nSPS) is 13.5. The van der Waals surface area contributed by atoms with Crippen molar-refractivity contribution in [2.24, 2.45) is 0 Å². The second kappa shape index (κ2) is 5.84. The van der Waals surface area contributed by atoms with Crippen LogP contribution in [0.2, 0.25) is 0 Å². The minimum atomic E-state index is -0.00819. The Labute approximate surface area is 146 Å². The van der Waals surface area contributed by atoms with Crippen LogP contribution < -0.4 is 5.73 Å². The van der Waals surface area contributed by atoms with Crippen molar-refractivity contribution >= 4 is 22.5 Å². The van der Waals surface area contributed by atoms with Crippen LogP contribution in [0, 0.1) is 6.92 Å². The molecule has 5 nitrogen and oxygen atoms in total. The molecule has 2 N–H and O–H groups in total. The predicted molar refractivity (Wildman–Crippen MR) is 99.2 cm³/mol. The summed E-state index contributed by atoms with van der Waals surface area (Å²) < 4.78 is 0. The quantitative estimate of drug-likeness (QED) is 0.796. The largest absolute Gasteiger partial charge is 0.397 e. The van der Waals surface area contributed by atoms with Crippen LogP contribution in [-0.4, -0.2) is 27.3 Å². The number of hydrogen-bond donors (Lipinski definition) is 1. The first-order valence-electron chi connectivity index (χ1n) is 8.53. The average Bonchev–Trinajstić information content (AvgIpc) is 2.92. The summed E-state index contributed by atoms with van der Waals surface area (Å²) in [5.41, 5.74) is 12.0. The van der Waals surface area contributed by atoms with Gasteiger partial charge in [0.25, 0.3) is 5.91 Å². The highest BCUT2D eigenvalue weighted by atomic mass is 16.2. The van der Waals surface area contributed by atoms with Crippen LogP contribution in [0.3, 0.4) is 0 Å². The van der Waals surface area contributed by atoms with E-state index in [1.54, 1.807) is 0 Å². The topological polar surface area (TPSA) is 72.1 Å². The number of aryl methyl sites for hydroxylation is 1. The standard InChI is InChI=1S/C20H20N4O/c1-3-9-24-11-16-17(20(24)25)18(21)15-6-4-5-14(19(15)23-16)13-8-7-12(2)22-10-13/h4-8,10H,3,9,11H2,1-2H3,(H2,21,23). The molecule has 0 saturated heterocycles. The summed E-state index contributed by atoms with van der Waals surface area (Å²) in [5.74, 6) is -0.00819. The first-order chi connectivity index (χ1) is 12.1. The number of para-hydroxylation sites is 1. The molecule has 1 aromatic carbocycles. The highest BCUT2D eigenvalue weighted by Crippen LogP contribution is 2.36. The van der Waals surface area contributed by atoms with E-state index in [9.17, 15) is 4.79 Å². The minimum Gasteiger partial charge on any atom is -0.397 e.